The molecule has 1 aromatic rings. The van der Waals surface area contributed by atoms with Gasteiger partial charge in [0.2, 0.25) is 0 Å². The fraction of sp³-hybridized carbons (Fsp3) is 0.565. The van der Waals surface area contributed by atoms with Gasteiger partial charge in [0.1, 0.15) is 16.1 Å². The first-order valence-corrected chi connectivity index (χ1v) is 15.6. The molecule has 0 saturated heterocycles. The summed E-state index contributed by atoms with van der Waals surface area (Å²) in [6, 6.07) is 3.75. The molecule has 0 aliphatic rings. The van der Waals surface area contributed by atoms with Crippen molar-refractivity contribution in [3.8, 4) is 22.9 Å². The minimum atomic E-state index is -4.39. The number of alkyl halides is 3. The number of benzene rings is 1. The standard InChI is InChI=1S/C23H33F3Si2/c1-17(2)28(18(3)4,19(5)6)15-13-21-16-22(23(24,25)26)11-10-20(21)12-14-27(7,8)9/h10-11,16-19H,1-9H3. The van der Waals surface area contributed by atoms with Crippen LogP contribution in [0.3, 0.4) is 0 Å². The van der Waals surface area contributed by atoms with Crippen LogP contribution in [0.4, 0.5) is 13.2 Å². The van der Waals surface area contributed by atoms with Crippen molar-refractivity contribution in [1.82, 2.24) is 0 Å². The van der Waals surface area contributed by atoms with Gasteiger partial charge in [-0.2, -0.15) is 13.2 Å². The number of hydrogen-bond donors (Lipinski definition) is 0. The smallest absolute Gasteiger partial charge is 0.166 e. The highest BCUT2D eigenvalue weighted by Gasteiger charge is 2.41. The molecule has 0 spiro atoms. The molecule has 5 heteroatoms. The van der Waals surface area contributed by atoms with Crippen LogP contribution >= 0.6 is 0 Å². The molecular weight excluding hydrogens is 389 g/mol. The van der Waals surface area contributed by atoms with Gasteiger partial charge in [-0.3, -0.25) is 0 Å². The Kier molecular flexibility index (Phi) is 7.84. The maximum Gasteiger partial charge on any atom is 0.416 e. The van der Waals surface area contributed by atoms with Crippen molar-refractivity contribution >= 4 is 16.1 Å². The molecule has 0 heterocycles. The maximum atomic E-state index is 13.3. The summed E-state index contributed by atoms with van der Waals surface area (Å²) in [6.07, 6.45) is -4.39. The Labute approximate surface area is 171 Å². The van der Waals surface area contributed by atoms with E-state index in [1.807, 2.05) is 0 Å². The molecule has 0 amide bonds. The minimum absolute atomic E-state index is 0.402. The largest absolute Gasteiger partial charge is 0.416 e. The van der Waals surface area contributed by atoms with E-state index in [0.29, 0.717) is 27.8 Å². The third-order valence-electron chi connectivity index (χ3n) is 5.20. The van der Waals surface area contributed by atoms with Gasteiger partial charge in [0.25, 0.3) is 0 Å². The summed E-state index contributed by atoms with van der Waals surface area (Å²) in [5.41, 5.74) is 8.37. The van der Waals surface area contributed by atoms with Gasteiger partial charge < -0.3 is 0 Å². The van der Waals surface area contributed by atoms with Crippen LogP contribution in [0.15, 0.2) is 18.2 Å². The van der Waals surface area contributed by atoms with E-state index < -0.39 is 27.9 Å². The summed E-state index contributed by atoms with van der Waals surface area (Å²) in [5.74, 6) is 6.28. The fourth-order valence-corrected chi connectivity index (χ4v) is 9.52. The van der Waals surface area contributed by atoms with Crippen LogP contribution in [0.1, 0.15) is 58.2 Å². The van der Waals surface area contributed by atoms with E-state index in [4.69, 9.17) is 0 Å². The van der Waals surface area contributed by atoms with E-state index in [-0.39, 0.29) is 0 Å². The summed E-state index contributed by atoms with van der Waals surface area (Å²) in [5, 5.41) is 0. The molecule has 0 aromatic heterocycles. The van der Waals surface area contributed by atoms with Crippen molar-refractivity contribution in [2.45, 2.75) is 84.0 Å². The van der Waals surface area contributed by atoms with E-state index in [2.05, 4.69) is 84.1 Å². The average Bonchev–Trinajstić information content (AvgIpc) is 2.51. The second-order valence-corrected chi connectivity index (χ2v) is 19.7. The lowest BCUT2D eigenvalue weighted by atomic mass is 10.0. The zero-order chi connectivity index (χ0) is 21.9. The molecule has 1 aromatic carbocycles. The molecule has 0 radical (unpaired) electrons. The Morgan fingerprint density at radius 2 is 1.21 bits per heavy atom. The summed E-state index contributed by atoms with van der Waals surface area (Å²) < 4.78 is 39.8. The predicted molar refractivity (Wildman–Crippen MR) is 120 cm³/mol. The van der Waals surface area contributed by atoms with Gasteiger partial charge in [0.05, 0.1) is 5.56 Å². The number of hydrogen-bond acceptors (Lipinski definition) is 0. The topological polar surface area (TPSA) is 0 Å². The molecule has 0 unspecified atom stereocenters. The monoisotopic (exact) mass is 422 g/mol. The average molecular weight is 423 g/mol. The molecular formula is C23H33F3Si2. The van der Waals surface area contributed by atoms with Crippen molar-refractivity contribution in [3.05, 3.63) is 34.9 Å². The Hall–Kier alpha value is -1.44. The first-order chi connectivity index (χ1) is 12.6. The second-order valence-electron chi connectivity index (χ2n) is 9.41. The van der Waals surface area contributed by atoms with Crippen LogP contribution in [0.25, 0.3) is 0 Å². The predicted octanol–water partition coefficient (Wildman–Crippen LogP) is 7.50. The van der Waals surface area contributed by atoms with E-state index in [1.165, 1.54) is 12.1 Å². The lowest BCUT2D eigenvalue weighted by Gasteiger charge is -2.38. The molecule has 0 atom stereocenters. The lowest BCUT2D eigenvalue weighted by molar-refractivity contribution is -0.137. The Morgan fingerprint density at radius 1 is 0.750 bits per heavy atom. The molecule has 0 nitrogen and oxygen atoms in total. The maximum absolute atomic E-state index is 13.3. The molecule has 1 rings (SSSR count). The minimum Gasteiger partial charge on any atom is -0.166 e. The van der Waals surface area contributed by atoms with Crippen molar-refractivity contribution in [3.63, 3.8) is 0 Å². The van der Waals surface area contributed by atoms with Gasteiger partial charge in [-0.05, 0) is 34.8 Å². The molecule has 0 bridgehead atoms. The highest BCUT2D eigenvalue weighted by atomic mass is 28.3. The normalized spacial score (nSPS) is 12.7. The zero-order valence-corrected chi connectivity index (χ0v) is 20.6. The van der Waals surface area contributed by atoms with Gasteiger partial charge in [0.15, 0.2) is 0 Å². The van der Waals surface area contributed by atoms with E-state index in [0.717, 1.165) is 6.07 Å². The van der Waals surface area contributed by atoms with Gasteiger partial charge in [-0.15, -0.1) is 11.1 Å². The highest BCUT2D eigenvalue weighted by Crippen LogP contribution is 2.41. The van der Waals surface area contributed by atoms with Crippen molar-refractivity contribution < 1.29 is 13.2 Å². The number of halogens is 3. The SMILES string of the molecule is CC(C)[Si](C#Cc1cc(C(F)(F)F)ccc1C#C[Si](C)(C)C)(C(C)C)C(C)C. The molecule has 28 heavy (non-hydrogen) atoms. The van der Waals surface area contributed by atoms with Crippen molar-refractivity contribution in [1.29, 1.82) is 0 Å². The third-order valence-corrected chi connectivity index (χ3v) is 12.4. The van der Waals surface area contributed by atoms with E-state index in [1.54, 1.807) is 0 Å². The first-order valence-electron chi connectivity index (χ1n) is 9.89. The van der Waals surface area contributed by atoms with Crippen LogP contribution in [-0.4, -0.2) is 16.1 Å². The molecule has 0 aliphatic heterocycles. The van der Waals surface area contributed by atoms with Crippen LogP contribution in [-0.2, 0) is 6.18 Å². The Bertz CT molecular complexity index is 783. The summed E-state index contributed by atoms with van der Waals surface area (Å²) >= 11 is 0. The van der Waals surface area contributed by atoms with Crippen molar-refractivity contribution in [2.75, 3.05) is 0 Å². The van der Waals surface area contributed by atoms with Gasteiger partial charge in [-0.25, -0.2) is 0 Å². The van der Waals surface area contributed by atoms with Crippen LogP contribution in [0.5, 0.6) is 0 Å². The highest BCUT2D eigenvalue weighted by molar-refractivity contribution is 6.90. The number of rotatable bonds is 3. The van der Waals surface area contributed by atoms with Gasteiger partial charge in [-0.1, -0.05) is 73.0 Å². The Morgan fingerprint density at radius 3 is 1.61 bits per heavy atom. The molecule has 0 aliphatic carbocycles. The second kappa shape index (κ2) is 8.93. The molecule has 154 valence electrons. The third kappa shape index (κ3) is 6.03. The molecule has 0 saturated carbocycles. The quantitative estimate of drug-likeness (QED) is 0.349. The molecule has 0 N–H and O–H groups in total. The first kappa shape index (κ1) is 24.6. The van der Waals surface area contributed by atoms with E-state index >= 15 is 0 Å². The van der Waals surface area contributed by atoms with Crippen LogP contribution in [0.2, 0.25) is 36.3 Å². The van der Waals surface area contributed by atoms with Crippen molar-refractivity contribution in [2.24, 2.45) is 0 Å². The van der Waals surface area contributed by atoms with Gasteiger partial charge in [0, 0.05) is 11.1 Å². The van der Waals surface area contributed by atoms with Crippen LogP contribution < -0.4 is 0 Å². The lowest BCUT2D eigenvalue weighted by Crippen LogP contribution is -2.43. The van der Waals surface area contributed by atoms with E-state index in [9.17, 15) is 13.2 Å². The summed E-state index contributed by atoms with van der Waals surface area (Å²) in [6.45, 7) is 19.5. The molecule has 0 fully saturated rings. The summed E-state index contributed by atoms with van der Waals surface area (Å²) in [4.78, 5) is 0. The summed E-state index contributed by atoms with van der Waals surface area (Å²) in [7, 11) is -3.69. The fourth-order valence-electron chi connectivity index (χ4n) is 3.80. The van der Waals surface area contributed by atoms with Crippen LogP contribution in [0, 0.1) is 22.9 Å². The van der Waals surface area contributed by atoms with Gasteiger partial charge >= 0.3 is 6.18 Å². The Balaban J connectivity index is 3.69. The zero-order valence-electron chi connectivity index (χ0n) is 18.6.